The largest absolute Gasteiger partial charge is 0.389 e. The van der Waals surface area contributed by atoms with E-state index in [2.05, 4.69) is 10.1 Å². The maximum absolute atomic E-state index is 9.91. The summed E-state index contributed by atoms with van der Waals surface area (Å²) >= 11 is 5.83. The number of aliphatic hydroxyl groups excluding tert-OH is 1. The first-order valence-corrected chi connectivity index (χ1v) is 6.81. The van der Waals surface area contributed by atoms with E-state index in [1.807, 2.05) is 25.1 Å². The number of rotatable bonds is 6. The first kappa shape index (κ1) is 15.4. The number of hydrogen-bond donors (Lipinski definition) is 1. The lowest BCUT2D eigenvalue weighted by Crippen LogP contribution is -2.23. The zero-order valence-corrected chi connectivity index (χ0v) is 12.2. The summed E-state index contributed by atoms with van der Waals surface area (Å²) in [4.78, 5) is 3.77. The summed E-state index contributed by atoms with van der Waals surface area (Å²) in [6.45, 7) is 2.28. The SMILES string of the molecule is CC(OCC(O)Cn1cnc(C#N)n1)c1ccc(Cl)cc1. The summed E-state index contributed by atoms with van der Waals surface area (Å²) in [6, 6.07) is 9.20. The molecule has 0 amide bonds. The Kier molecular flexibility index (Phi) is 5.28. The normalized spacial score (nSPS) is 13.6. The Labute approximate surface area is 127 Å². The van der Waals surface area contributed by atoms with Crippen LogP contribution in [0.5, 0.6) is 0 Å². The van der Waals surface area contributed by atoms with Gasteiger partial charge in [0.1, 0.15) is 12.4 Å². The van der Waals surface area contributed by atoms with E-state index < -0.39 is 6.10 Å². The molecular weight excluding hydrogens is 292 g/mol. The van der Waals surface area contributed by atoms with Crippen LogP contribution in [-0.2, 0) is 11.3 Å². The van der Waals surface area contributed by atoms with Crippen LogP contribution in [0.2, 0.25) is 5.02 Å². The highest BCUT2D eigenvalue weighted by molar-refractivity contribution is 6.30. The van der Waals surface area contributed by atoms with Gasteiger partial charge in [-0.2, -0.15) is 5.26 Å². The van der Waals surface area contributed by atoms with Crippen LogP contribution >= 0.6 is 11.6 Å². The van der Waals surface area contributed by atoms with E-state index >= 15 is 0 Å². The first-order valence-electron chi connectivity index (χ1n) is 6.43. The third-order valence-corrected chi connectivity index (χ3v) is 3.16. The van der Waals surface area contributed by atoms with Gasteiger partial charge in [-0.05, 0) is 24.6 Å². The molecule has 0 bridgehead atoms. The molecule has 2 atom stereocenters. The van der Waals surface area contributed by atoms with Crippen LogP contribution in [0.25, 0.3) is 0 Å². The van der Waals surface area contributed by atoms with E-state index in [0.29, 0.717) is 5.02 Å². The first-order chi connectivity index (χ1) is 10.1. The lowest BCUT2D eigenvalue weighted by Gasteiger charge is -2.16. The van der Waals surface area contributed by atoms with Crippen molar-refractivity contribution in [1.82, 2.24) is 14.8 Å². The van der Waals surface area contributed by atoms with Crippen molar-refractivity contribution in [3.05, 3.63) is 47.0 Å². The van der Waals surface area contributed by atoms with Crippen molar-refractivity contribution >= 4 is 11.6 Å². The van der Waals surface area contributed by atoms with Crippen LogP contribution in [0.15, 0.2) is 30.6 Å². The van der Waals surface area contributed by atoms with Crippen molar-refractivity contribution in [2.45, 2.75) is 25.7 Å². The van der Waals surface area contributed by atoms with E-state index in [9.17, 15) is 5.11 Å². The van der Waals surface area contributed by atoms with Crippen molar-refractivity contribution in [2.75, 3.05) is 6.61 Å². The van der Waals surface area contributed by atoms with E-state index in [1.165, 1.54) is 11.0 Å². The number of hydrogen-bond acceptors (Lipinski definition) is 5. The number of nitrogens with zero attached hydrogens (tertiary/aromatic N) is 4. The van der Waals surface area contributed by atoms with E-state index in [0.717, 1.165) is 5.56 Å². The molecule has 110 valence electrons. The highest BCUT2D eigenvalue weighted by atomic mass is 35.5. The van der Waals surface area contributed by atoms with Gasteiger partial charge in [0, 0.05) is 5.02 Å². The molecular formula is C14H15ClN4O2. The zero-order valence-electron chi connectivity index (χ0n) is 11.5. The number of aliphatic hydroxyl groups is 1. The zero-order chi connectivity index (χ0) is 15.2. The van der Waals surface area contributed by atoms with E-state index in [-0.39, 0.29) is 25.1 Å². The fourth-order valence-electron chi connectivity index (χ4n) is 1.79. The lowest BCUT2D eigenvalue weighted by atomic mass is 10.1. The van der Waals surface area contributed by atoms with Gasteiger partial charge >= 0.3 is 0 Å². The summed E-state index contributed by atoms with van der Waals surface area (Å²) in [5, 5.41) is 23.1. The standard InChI is InChI=1S/C14H15ClN4O2/c1-10(11-2-4-12(15)5-3-11)21-8-13(20)7-19-9-17-14(6-16)18-19/h2-5,9-10,13,20H,7-8H2,1H3. The molecule has 0 saturated carbocycles. The number of aromatic nitrogens is 3. The predicted molar refractivity (Wildman–Crippen MR) is 76.6 cm³/mol. The second-order valence-electron chi connectivity index (χ2n) is 4.58. The molecule has 2 aromatic rings. The fraction of sp³-hybridized carbons (Fsp3) is 0.357. The quantitative estimate of drug-likeness (QED) is 0.881. The molecule has 0 aliphatic heterocycles. The molecule has 1 N–H and O–H groups in total. The van der Waals surface area contributed by atoms with Crippen molar-refractivity contribution in [3.63, 3.8) is 0 Å². The summed E-state index contributed by atoms with van der Waals surface area (Å²) in [7, 11) is 0. The molecule has 1 aromatic carbocycles. The highest BCUT2D eigenvalue weighted by Crippen LogP contribution is 2.19. The van der Waals surface area contributed by atoms with Crippen LogP contribution in [-0.4, -0.2) is 32.6 Å². The Balaban J connectivity index is 1.81. The monoisotopic (exact) mass is 306 g/mol. The molecule has 2 rings (SSSR count). The van der Waals surface area contributed by atoms with Gasteiger partial charge in [-0.3, -0.25) is 0 Å². The molecule has 0 fully saturated rings. The molecule has 0 aliphatic carbocycles. The van der Waals surface area contributed by atoms with Crippen molar-refractivity contribution in [1.29, 1.82) is 5.26 Å². The summed E-state index contributed by atoms with van der Waals surface area (Å²) in [5.74, 6) is 0.0812. The summed E-state index contributed by atoms with van der Waals surface area (Å²) in [5.41, 5.74) is 0.985. The predicted octanol–water partition coefficient (Wildman–Crippen LogP) is 1.94. The maximum Gasteiger partial charge on any atom is 0.252 e. The minimum atomic E-state index is -0.729. The fourth-order valence-corrected chi connectivity index (χ4v) is 1.91. The Morgan fingerprint density at radius 3 is 2.76 bits per heavy atom. The molecule has 1 heterocycles. The minimum Gasteiger partial charge on any atom is -0.389 e. The number of benzene rings is 1. The smallest absolute Gasteiger partial charge is 0.252 e. The Morgan fingerprint density at radius 1 is 1.43 bits per heavy atom. The van der Waals surface area contributed by atoms with Crippen LogP contribution in [0.4, 0.5) is 0 Å². The second kappa shape index (κ2) is 7.18. The number of ether oxygens (including phenoxy) is 1. The molecule has 0 aliphatic rings. The third-order valence-electron chi connectivity index (χ3n) is 2.91. The molecule has 21 heavy (non-hydrogen) atoms. The Morgan fingerprint density at radius 2 is 2.14 bits per heavy atom. The summed E-state index contributed by atoms with van der Waals surface area (Å²) in [6.07, 6.45) is 0.528. The minimum absolute atomic E-state index is 0.0812. The molecule has 6 nitrogen and oxygen atoms in total. The number of nitriles is 1. The van der Waals surface area contributed by atoms with Crippen molar-refractivity contribution in [3.8, 4) is 6.07 Å². The Hall–Kier alpha value is -1.94. The summed E-state index contributed by atoms with van der Waals surface area (Å²) < 4.78 is 7.03. The third kappa shape index (κ3) is 4.53. The maximum atomic E-state index is 9.91. The van der Waals surface area contributed by atoms with Gasteiger partial charge in [-0.25, -0.2) is 9.67 Å². The van der Waals surface area contributed by atoms with Crippen molar-refractivity contribution < 1.29 is 9.84 Å². The van der Waals surface area contributed by atoms with Crippen molar-refractivity contribution in [2.24, 2.45) is 0 Å². The second-order valence-corrected chi connectivity index (χ2v) is 5.02. The topological polar surface area (TPSA) is 84.0 Å². The number of halogens is 1. The van der Waals surface area contributed by atoms with Crippen LogP contribution in [0.3, 0.4) is 0 Å². The molecule has 0 saturated heterocycles. The molecule has 0 radical (unpaired) electrons. The molecule has 7 heteroatoms. The van der Waals surface area contributed by atoms with Gasteiger partial charge in [0.25, 0.3) is 5.82 Å². The highest BCUT2D eigenvalue weighted by Gasteiger charge is 2.11. The van der Waals surface area contributed by atoms with Gasteiger partial charge in [0.05, 0.1) is 25.4 Å². The average Bonchev–Trinajstić information content (AvgIpc) is 2.93. The van der Waals surface area contributed by atoms with Gasteiger partial charge in [-0.1, -0.05) is 23.7 Å². The van der Waals surface area contributed by atoms with Gasteiger partial charge in [0.2, 0.25) is 0 Å². The van der Waals surface area contributed by atoms with Gasteiger partial charge in [-0.15, -0.1) is 5.10 Å². The van der Waals surface area contributed by atoms with Crippen LogP contribution < -0.4 is 0 Å². The molecule has 2 unspecified atom stereocenters. The average molecular weight is 307 g/mol. The van der Waals surface area contributed by atoms with Crippen LogP contribution in [0, 0.1) is 11.3 Å². The Bertz CT molecular complexity index is 621. The molecule has 0 spiro atoms. The lowest BCUT2D eigenvalue weighted by molar-refractivity contribution is -0.00998. The van der Waals surface area contributed by atoms with Gasteiger partial charge < -0.3 is 9.84 Å². The van der Waals surface area contributed by atoms with Crippen LogP contribution in [0.1, 0.15) is 24.4 Å². The molecule has 1 aromatic heterocycles. The van der Waals surface area contributed by atoms with E-state index in [4.69, 9.17) is 21.6 Å². The van der Waals surface area contributed by atoms with Gasteiger partial charge in [0.15, 0.2) is 0 Å². The van der Waals surface area contributed by atoms with E-state index in [1.54, 1.807) is 12.1 Å².